The number of hydrogen-bond donors (Lipinski definition) is 0. The molecular formula is C26H22F6N2. The minimum absolute atomic E-state index is 0.303. The molecule has 0 saturated heterocycles. The number of alkyl halides is 6. The lowest BCUT2D eigenvalue weighted by Gasteiger charge is -2.47. The monoisotopic (exact) mass is 476 g/mol. The molecule has 4 rings (SSSR count). The Hall–Kier alpha value is -3.42. The molecule has 2 nitrogen and oxygen atoms in total. The van der Waals surface area contributed by atoms with Gasteiger partial charge in [-0.15, -0.1) is 0 Å². The highest BCUT2D eigenvalue weighted by molar-refractivity contribution is 5.64. The Bertz CT molecular complexity index is 1200. The molecule has 178 valence electrons. The van der Waals surface area contributed by atoms with Gasteiger partial charge in [0.1, 0.15) is 6.17 Å². The lowest BCUT2D eigenvalue weighted by Crippen LogP contribution is -2.46. The van der Waals surface area contributed by atoms with Crippen LogP contribution in [0.15, 0.2) is 90.1 Å². The van der Waals surface area contributed by atoms with Crippen molar-refractivity contribution in [3.05, 3.63) is 107 Å². The molecule has 0 aromatic heterocycles. The van der Waals surface area contributed by atoms with Crippen molar-refractivity contribution < 1.29 is 26.3 Å². The summed E-state index contributed by atoms with van der Waals surface area (Å²) in [4.78, 5) is 3.54. The number of benzene rings is 3. The van der Waals surface area contributed by atoms with Crippen molar-refractivity contribution in [3.63, 3.8) is 0 Å². The number of anilines is 2. The van der Waals surface area contributed by atoms with Crippen molar-refractivity contribution in [2.75, 3.05) is 16.3 Å². The summed E-state index contributed by atoms with van der Waals surface area (Å²) in [7, 11) is 0. The molecule has 3 aromatic carbocycles. The molecule has 1 aliphatic rings. The average molecular weight is 476 g/mol. The molecule has 34 heavy (non-hydrogen) atoms. The van der Waals surface area contributed by atoms with Crippen molar-refractivity contribution in [3.8, 4) is 0 Å². The van der Waals surface area contributed by atoms with E-state index in [4.69, 9.17) is 0 Å². The van der Waals surface area contributed by atoms with Gasteiger partial charge in [-0.2, -0.15) is 26.3 Å². The number of halogens is 6. The Morgan fingerprint density at radius 3 is 1.76 bits per heavy atom. The molecule has 0 amide bonds. The predicted molar refractivity (Wildman–Crippen MR) is 120 cm³/mol. The van der Waals surface area contributed by atoms with Crippen LogP contribution in [0.2, 0.25) is 0 Å². The Morgan fingerprint density at radius 1 is 0.676 bits per heavy atom. The van der Waals surface area contributed by atoms with Gasteiger partial charge in [0.25, 0.3) is 0 Å². The summed E-state index contributed by atoms with van der Waals surface area (Å²) in [6.45, 7) is 3.97. The zero-order valence-corrected chi connectivity index (χ0v) is 18.5. The van der Waals surface area contributed by atoms with Gasteiger partial charge < -0.3 is 9.80 Å². The Balaban J connectivity index is 1.91. The van der Waals surface area contributed by atoms with Gasteiger partial charge in [-0.25, -0.2) is 0 Å². The van der Waals surface area contributed by atoms with Crippen LogP contribution >= 0.6 is 0 Å². The third kappa shape index (κ3) is 4.62. The maximum absolute atomic E-state index is 13.5. The summed E-state index contributed by atoms with van der Waals surface area (Å²) < 4.78 is 80.8. The van der Waals surface area contributed by atoms with Crippen LogP contribution in [0.4, 0.5) is 37.7 Å². The zero-order chi connectivity index (χ0) is 24.7. The Labute approximate surface area is 193 Å². The molecule has 1 heterocycles. The van der Waals surface area contributed by atoms with Crippen LogP contribution in [-0.2, 0) is 12.4 Å². The molecule has 0 spiro atoms. The largest absolute Gasteiger partial charge is 0.416 e. The van der Waals surface area contributed by atoms with E-state index in [1.54, 1.807) is 34.1 Å². The van der Waals surface area contributed by atoms with Crippen LogP contribution in [0.25, 0.3) is 0 Å². The van der Waals surface area contributed by atoms with Crippen LogP contribution in [0.1, 0.15) is 36.7 Å². The van der Waals surface area contributed by atoms with E-state index in [2.05, 4.69) is 0 Å². The summed E-state index contributed by atoms with van der Waals surface area (Å²) in [6, 6.07) is 19.0. The highest BCUT2D eigenvalue weighted by Crippen LogP contribution is 2.43. The number of allylic oxidation sites excluding steroid dienone is 1. The fraction of sp³-hybridized carbons (Fsp3) is 0.231. The van der Waals surface area contributed by atoms with Crippen molar-refractivity contribution >= 4 is 11.4 Å². The predicted octanol–water partition coefficient (Wildman–Crippen LogP) is 8.04. The van der Waals surface area contributed by atoms with E-state index in [0.29, 0.717) is 17.9 Å². The topological polar surface area (TPSA) is 6.48 Å². The molecule has 0 bridgehead atoms. The lowest BCUT2D eigenvalue weighted by molar-refractivity contribution is -0.138. The second kappa shape index (κ2) is 8.74. The molecular weight excluding hydrogens is 454 g/mol. The van der Waals surface area contributed by atoms with Crippen molar-refractivity contribution in [2.24, 2.45) is 0 Å². The summed E-state index contributed by atoms with van der Waals surface area (Å²) >= 11 is 0. The highest BCUT2D eigenvalue weighted by Gasteiger charge is 2.37. The molecule has 8 heteroatoms. The average Bonchev–Trinajstić information content (AvgIpc) is 2.80. The number of hydrogen-bond acceptors (Lipinski definition) is 2. The van der Waals surface area contributed by atoms with Gasteiger partial charge in [-0.1, -0.05) is 42.5 Å². The molecule has 1 aliphatic heterocycles. The van der Waals surface area contributed by atoms with E-state index in [1.165, 1.54) is 12.1 Å². The van der Waals surface area contributed by atoms with Gasteiger partial charge >= 0.3 is 12.4 Å². The van der Waals surface area contributed by atoms with E-state index in [1.807, 2.05) is 32.0 Å². The molecule has 3 aromatic rings. The molecule has 0 aliphatic carbocycles. The minimum atomic E-state index is -4.53. The zero-order valence-electron chi connectivity index (χ0n) is 18.5. The van der Waals surface area contributed by atoms with Gasteiger partial charge in [0.15, 0.2) is 0 Å². The standard InChI is InChI=1S/C26H22F6N2/c1-17-16-33(22-12-6-10-20(14-22)25(27,28)29)24(19-8-4-3-5-9-19)34(18(17)2)23-13-7-11-21(15-23)26(30,31)32/h3-15,24H,16H2,1-2H3. The van der Waals surface area contributed by atoms with Crippen LogP contribution < -0.4 is 9.80 Å². The van der Waals surface area contributed by atoms with Gasteiger partial charge in [-0.3, -0.25) is 0 Å². The van der Waals surface area contributed by atoms with Crippen molar-refractivity contribution in [1.29, 1.82) is 0 Å². The van der Waals surface area contributed by atoms with Gasteiger partial charge in [0.05, 0.1) is 11.1 Å². The molecule has 1 atom stereocenters. The van der Waals surface area contributed by atoms with E-state index in [-0.39, 0.29) is 0 Å². The molecule has 0 N–H and O–H groups in total. The van der Waals surface area contributed by atoms with E-state index in [9.17, 15) is 26.3 Å². The first-order valence-corrected chi connectivity index (χ1v) is 10.6. The molecule has 0 saturated carbocycles. The van der Waals surface area contributed by atoms with Crippen LogP contribution in [0.3, 0.4) is 0 Å². The fourth-order valence-electron chi connectivity index (χ4n) is 4.20. The second-order valence-electron chi connectivity index (χ2n) is 8.24. The first-order chi connectivity index (χ1) is 16.0. The number of rotatable bonds is 3. The summed E-state index contributed by atoms with van der Waals surface area (Å²) in [6.07, 6.45) is -9.70. The quantitative estimate of drug-likeness (QED) is 0.353. The second-order valence-corrected chi connectivity index (χ2v) is 8.24. The molecule has 1 unspecified atom stereocenters. The summed E-state index contributed by atoms with van der Waals surface area (Å²) in [5, 5.41) is 0. The van der Waals surface area contributed by atoms with Gasteiger partial charge in [-0.05, 0) is 61.4 Å². The maximum Gasteiger partial charge on any atom is 0.416 e. The third-order valence-electron chi connectivity index (χ3n) is 5.98. The lowest BCUT2D eigenvalue weighted by atomic mass is 10.0. The van der Waals surface area contributed by atoms with Gasteiger partial charge in [0, 0.05) is 23.6 Å². The Kier molecular flexibility index (Phi) is 6.10. The van der Waals surface area contributed by atoms with E-state index < -0.39 is 29.6 Å². The van der Waals surface area contributed by atoms with Crippen molar-refractivity contribution in [1.82, 2.24) is 0 Å². The first kappa shape index (κ1) is 23.7. The van der Waals surface area contributed by atoms with Crippen molar-refractivity contribution in [2.45, 2.75) is 32.4 Å². The maximum atomic E-state index is 13.5. The Morgan fingerprint density at radius 2 is 1.21 bits per heavy atom. The highest BCUT2D eigenvalue weighted by atomic mass is 19.4. The normalized spacial score (nSPS) is 17.4. The summed E-state index contributed by atoms with van der Waals surface area (Å²) in [5.74, 6) is 0. The molecule has 0 fully saturated rings. The van der Waals surface area contributed by atoms with E-state index >= 15 is 0 Å². The summed E-state index contributed by atoms with van der Waals surface area (Å²) in [5.41, 5.74) is 1.37. The van der Waals surface area contributed by atoms with E-state index in [0.717, 1.165) is 41.1 Å². The third-order valence-corrected chi connectivity index (χ3v) is 5.98. The van der Waals surface area contributed by atoms with Crippen LogP contribution in [-0.4, -0.2) is 6.54 Å². The minimum Gasteiger partial charge on any atom is -0.343 e. The number of nitrogens with zero attached hydrogens (tertiary/aromatic N) is 2. The first-order valence-electron chi connectivity index (χ1n) is 10.6. The smallest absolute Gasteiger partial charge is 0.343 e. The fourth-order valence-corrected chi connectivity index (χ4v) is 4.20. The SMILES string of the molecule is CC1=C(C)N(c2cccc(C(F)(F)F)c2)C(c2ccccc2)N(c2cccc(C(F)(F)F)c2)C1. The van der Waals surface area contributed by atoms with Crippen LogP contribution in [0.5, 0.6) is 0 Å². The molecule has 0 radical (unpaired) electrons. The van der Waals surface area contributed by atoms with Crippen LogP contribution in [0, 0.1) is 0 Å². The van der Waals surface area contributed by atoms with Gasteiger partial charge in [0.2, 0.25) is 0 Å².